The van der Waals surface area contributed by atoms with Crippen molar-refractivity contribution in [2.45, 2.75) is 6.42 Å². The summed E-state index contributed by atoms with van der Waals surface area (Å²) in [5.41, 5.74) is 2.88. The summed E-state index contributed by atoms with van der Waals surface area (Å²) >= 11 is 0. The van der Waals surface area contributed by atoms with Gasteiger partial charge in [-0.2, -0.15) is 0 Å². The maximum atomic E-state index is 11.0. The van der Waals surface area contributed by atoms with Crippen LogP contribution in [0.25, 0.3) is 6.08 Å². The Balaban J connectivity index is 1.99. The average Bonchev–Trinajstić information content (AvgIpc) is 2.69. The molecule has 0 aromatic heterocycles. The van der Waals surface area contributed by atoms with E-state index in [-0.39, 0.29) is 0 Å². The first kappa shape index (κ1) is 12.2. The number of benzene rings is 1. The summed E-state index contributed by atoms with van der Waals surface area (Å²) in [4.78, 5) is 13.2. The highest BCUT2D eigenvalue weighted by Crippen LogP contribution is 2.35. The molecule has 1 saturated heterocycles. The van der Waals surface area contributed by atoms with Crippen molar-refractivity contribution in [3.63, 3.8) is 0 Å². The minimum absolute atomic E-state index is 0.554. The smallest absolute Gasteiger partial charge is 0.149 e. The van der Waals surface area contributed by atoms with Crippen LogP contribution in [-0.2, 0) is 9.53 Å². The van der Waals surface area contributed by atoms with E-state index in [0.717, 1.165) is 55.2 Å². The normalized spacial score (nSPS) is 18.9. The fourth-order valence-electron chi connectivity index (χ4n) is 2.50. The lowest BCUT2D eigenvalue weighted by atomic mass is 10.1. The number of carbonyl (C=O) groups excluding carboxylic acids is 1. The van der Waals surface area contributed by atoms with Gasteiger partial charge in [0, 0.05) is 25.1 Å². The lowest BCUT2D eigenvalue weighted by Gasteiger charge is -2.30. The minimum Gasteiger partial charge on any atom is -0.490 e. The van der Waals surface area contributed by atoms with Crippen LogP contribution in [0.4, 0.5) is 5.69 Å². The van der Waals surface area contributed by atoms with E-state index in [1.54, 1.807) is 0 Å². The fraction of sp³-hybridized carbons (Fsp3) is 0.400. The molecule has 2 aliphatic rings. The summed E-state index contributed by atoms with van der Waals surface area (Å²) in [6.45, 7) is 3.81. The molecule has 1 fully saturated rings. The second-order valence-electron chi connectivity index (χ2n) is 4.73. The summed E-state index contributed by atoms with van der Waals surface area (Å²) in [7, 11) is 0. The molecule has 0 unspecified atom stereocenters. The molecule has 19 heavy (non-hydrogen) atoms. The van der Waals surface area contributed by atoms with E-state index in [0.29, 0.717) is 13.0 Å². The SMILES string of the molecule is O=CC1=Cc2cccc(N3CCOCC3)c2OCC1. The molecular weight excluding hydrogens is 242 g/mol. The zero-order valence-electron chi connectivity index (χ0n) is 10.8. The van der Waals surface area contributed by atoms with Crippen LogP contribution in [0.5, 0.6) is 5.75 Å². The van der Waals surface area contributed by atoms with Crippen LogP contribution < -0.4 is 9.64 Å². The Morgan fingerprint density at radius 1 is 1.16 bits per heavy atom. The van der Waals surface area contributed by atoms with Gasteiger partial charge in [0.2, 0.25) is 0 Å². The number of carbonyl (C=O) groups is 1. The van der Waals surface area contributed by atoms with Crippen molar-refractivity contribution in [1.82, 2.24) is 0 Å². The number of hydrogen-bond acceptors (Lipinski definition) is 4. The molecule has 100 valence electrons. The van der Waals surface area contributed by atoms with Gasteiger partial charge in [0.25, 0.3) is 0 Å². The molecular formula is C15H17NO3. The van der Waals surface area contributed by atoms with Crippen molar-refractivity contribution in [1.29, 1.82) is 0 Å². The average molecular weight is 259 g/mol. The highest BCUT2D eigenvalue weighted by atomic mass is 16.5. The van der Waals surface area contributed by atoms with Gasteiger partial charge in [-0.3, -0.25) is 4.79 Å². The van der Waals surface area contributed by atoms with Gasteiger partial charge in [0.15, 0.2) is 0 Å². The van der Waals surface area contributed by atoms with Gasteiger partial charge in [-0.25, -0.2) is 0 Å². The number of aldehydes is 1. The molecule has 2 aliphatic heterocycles. The van der Waals surface area contributed by atoms with E-state index in [2.05, 4.69) is 11.0 Å². The Hall–Kier alpha value is -1.81. The summed E-state index contributed by atoms with van der Waals surface area (Å²) in [5.74, 6) is 0.890. The maximum absolute atomic E-state index is 11.0. The zero-order valence-corrected chi connectivity index (χ0v) is 10.8. The second-order valence-corrected chi connectivity index (χ2v) is 4.73. The molecule has 3 rings (SSSR count). The van der Waals surface area contributed by atoms with Crippen molar-refractivity contribution in [3.05, 3.63) is 29.3 Å². The first-order valence-electron chi connectivity index (χ1n) is 6.63. The van der Waals surface area contributed by atoms with Crippen LogP contribution in [-0.4, -0.2) is 39.2 Å². The molecule has 4 nitrogen and oxygen atoms in total. The van der Waals surface area contributed by atoms with Gasteiger partial charge in [-0.1, -0.05) is 12.1 Å². The van der Waals surface area contributed by atoms with Crippen molar-refractivity contribution >= 4 is 18.0 Å². The predicted octanol–water partition coefficient (Wildman–Crippen LogP) is 1.89. The van der Waals surface area contributed by atoms with Gasteiger partial charge < -0.3 is 14.4 Å². The molecule has 1 aromatic rings. The van der Waals surface area contributed by atoms with Crippen molar-refractivity contribution < 1.29 is 14.3 Å². The molecule has 2 heterocycles. The van der Waals surface area contributed by atoms with Crippen LogP contribution in [0.15, 0.2) is 23.8 Å². The first-order chi connectivity index (χ1) is 9.38. The van der Waals surface area contributed by atoms with Crippen molar-refractivity contribution in [2.75, 3.05) is 37.8 Å². The van der Waals surface area contributed by atoms with E-state index in [1.807, 2.05) is 18.2 Å². The highest BCUT2D eigenvalue weighted by molar-refractivity contribution is 5.84. The fourth-order valence-corrected chi connectivity index (χ4v) is 2.50. The molecule has 0 N–H and O–H groups in total. The third-order valence-electron chi connectivity index (χ3n) is 3.51. The predicted molar refractivity (Wildman–Crippen MR) is 73.6 cm³/mol. The summed E-state index contributed by atoms with van der Waals surface area (Å²) in [6, 6.07) is 6.08. The molecule has 0 amide bonds. The lowest BCUT2D eigenvalue weighted by molar-refractivity contribution is -0.105. The van der Waals surface area contributed by atoms with E-state index in [9.17, 15) is 4.79 Å². The Labute approximate surface area is 112 Å². The van der Waals surface area contributed by atoms with Crippen LogP contribution in [0.1, 0.15) is 12.0 Å². The third-order valence-corrected chi connectivity index (χ3v) is 3.51. The van der Waals surface area contributed by atoms with E-state index in [1.165, 1.54) is 0 Å². The number of anilines is 1. The number of morpholine rings is 1. The molecule has 0 saturated carbocycles. The third kappa shape index (κ3) is 2.49. The number of fused-ring (bicyclic) bond motifs is 1. The number of hydrogen-bond donors (Lipinski definition) is 0. The van der Waals surface area contributed by atoms with Crippen LogP contribution in [0.2, 0.25) is 0 Å². The molecule has 0 spiro atoms. The minimum atomic E-state index is 0.554. The van der Waals surface area contributed by atoms with Crippen molar-refractivity contribution in [3.8, 4) is 5.75 Å². The maximum Gasteiger partial charge on any atom is 0.149 e. The molecule has 1 aromatic carbocycles. The monoisotopic (exact) mass is 259 g/mol. The summed E-state index contributed by atoms with van der Waals surface area (Å²) in [5, 5.41) is 0. The van der Waals surface area contributed by atoms with E-state index >= 15 is 0 Å². The van der Waals surface area contributed by atoms with Gasteiger partial charge in [0.05, 0.1) is 25.5 Å². The van der Waals surface area contributed by atoms with Crippen LogP contribution in [0.3, 0.4) is 0 Å². The summed E-state index contributed by atoms with van der Waals surface area (Å²) < 4.78 is 11.3. The topological polar surface area (TPSA) is 38.8 Å². The van der Waals surface area contributed by atoms with E-state index in [4.69, 9.17) is 9.47 Å². The number of rotatable bonds is 2. The number of para-hydroxylation sites is 1. The molecule has 0 bridgehead atoms. The van der Waals surface area contributed by atoms with Crippen LogP contribution in [0, 0.1) is 0 Å². The van der Waals surface area contributed by atoms with Gasteiger partial charge in [0.1, 0.15) is 12.0 Å². The van der Waals surface area contributed by atoms with Gasteiger partial charge in [-0.15, -0.1) is 0 Å². The lowest BCUT2D eigenvalue weighted by Crippen LogP contribution is -2.36. The van der Waals surface area contributed by atoms with Crippen LogP contribution >= 0.6 is 0 Å². The molecule has 4 heteroatoms. The van der Waals surface area contributed by atoms with Crippen molar-refractivity contribution in [2.24, 2.45) is 0 Å². The van der Waals surface area contributed by atoms with Gasteiger partial charge in [-0.05, 0) is 17.7 Å². The van der Waals surface area contributed by atoms with E-state index < -0.39 is 0 Å². The largest absolute Gasteiger partial charge is 0.490 e. The Morgan fingerprint density at radius 3 is 2.79 bits per heavy atom. The zero-order chi connectivity index (χ0) is 13.1. The number of ether oxygens (including phenoxy) is 2. The Morgan fingerprint density at radius 2 is 2.00 bits per heavy atom. The van der Waals surface area contributed by atoms with Gasteiger partial charge >= 0.3 is 0 Å². The quantitative estimate of drug-likeness (QED) is 0.760. The first-order valence-corrected chi connectivity index (χ1v) is 6.63. The molecule has 0 atom stereocenters. The summed E-state index contributed by atoms with van der Waals surface area (Å²) in [6.07, 6.45) is 3.51. The second kappa shape index (κ2) is 5.45. The standard InChI is InChI=1S/C15H17NO3/c17-11-12-4-7-19-15-13(10-12)2-1-3-14(15)16-5-8-18-9-6-16/h1-3,10-11H,4-9H2. The number of nitrogens with zero attached hydrogens (tertiary/aromatic N) is 1. The molecule has 0 radical (unpaired) electrons. The Bertz CT molecular complexity index is 504. The molecule has 0 aliphatic carbocycles. The Kier molecular flexibility index (Phi) is 3.51. The highest BCUT2D eigenvalue weighted by Gasteiger charge is 2.19.